The molecule has 1 aromatic heterocycles. The average Bonchev–Trinajstić information content (AvgIpc) is 3.33. The van der Waals surface area contributed by atoms with E-state index in [0.29, 0.717) is 18.8 Å². The molecule has 2 amide bonds. The number of methoxy groups -OCH3 is 1. The van der Waals surface area contributed by atoms with Gasteiger partial charge in [-0.25, -0.2) is 4.79 Å². The fraction of sp³-hybridized carbons (Fsp3) is 0.474. The highest BCUT2D eigenvalue weighted by Gasteiger charge is 2.23. The van der Waals surface area contributed by atoms with Crippen LogP contribution in [0.5, 0.6) is 5.75 Å². The van der Waals surface area contributed by atoms with Gasteiger partial charge < -0.3 is 19.7 Å². The van der Waals surface area contributed by atoms with Crippen molar-refractivity contribution in [1.29, 1.82) is 0 Å². The summed E-state index contributed by atoms with van der Waals surface area (Å²) < 4.78 is 12.7. The molecule has 1 atom stereocenters. The number of urea groups is 1. The van der Waals surface area contributed by atoms with Crippen molar-refractivity contribution in [2.24, 2.45) is 0 Å². The molecule has 0 aliphatic carbocycles. The Bertz CT molecular complexity index is 708. The van der Waals surface area contributed by atoms with Crippen molar-refractivity contribution in [2.75, 3.05) is 25.6 Å². The highest BCUT2D eigenvalue weighted by molar-refractivity contribution is 5.89. The number of aryl methyl sites for hydroxylation is 1. The predicted octanol–water partition coefficient (Wildman–Crippen LogP) is 3.12. The summed E-state index contributed by atoms with van der Waals surface area (Å²) in [6, 6.07) is 7.62. The van der Waals surface area contributed by atoms with Gasteiger partial charge in [-0.05, 0) is 37.5 Å². The van der Waals surface area contributed by atoms with Crippen molar-refractivity contribution in [3.63, 3.8) is 0 Å². The Labute approximate surface area is 153 Å². The first kappa shape index (κ1) is 18.3. The smallest absolute Gasteiger partial charge is 0.322 e. The molecule has 0 radical (unpaired) electrons. The molecular formula is C19H26N4O3. The van der Waals surface area contributed by atoms with Crippen LogP contribution in [0.25, 0.3) is 0 Å². The molecule has 7 heteroatoms. The van der Waals surface area contributed by atoms with E-state index in [1.807, 2.05) is 37.4 Å². The molecule has 0 unspecified atom stereocenters. The number of nitrogens with zero attached hydrogens (tertiary/aromatic N) is 3. The van der Waals surface area contributed by atoms with E-state index in [0.717, 1.165) is 37.3 Å². The minimum Gasteiger partial charge on any atom is -0.497 e. The lowest BCUT2D eigenvalue weighted by atomic mass is 10.2. The summed E-state index contributed by atoms with van der Waals surface area (Å²) in [7, 11) is 1.64. The van der Waals surface area contributed by atoms with Gasteiger partial charge in [0.25, 0.3) is 0 Å². The van der Waals surface area contributed by atoms with Gasteiger partial charge >= 0.3 is 6.03 Å². The zero-order chi connectivity index (χ0) is 18.4. The number of rotatable bonds is 7. The number of aromatic nitrogens is 2. The van der Waals surface area contributed by atoms with Gasteiger partial charge in [0, 0.05) is 32.4 Å². The first-order valence-corrected chi connectivity index (χ1v) is 9.01. The van der Waals surface area contributed by atoms with E-state index in [2.05, 4.69) is 10.4 Å². The van der Waals surface area contributed by atoms with Crippen molar-refractivity contribution in [2.45, 2.75) is 39.0 Å². The van der Waals surface area contributed by atoms with E-state index in [1.165, 1.54) is 0 Å². The van der Waals surface area contributed by atoms with Crippen LogP contribution in [-0.4, -0.2) is 47.1 Å². The summed E-state index contributed by atoms with van der Waals surface area (Å²) in [5, 5.41) is 7.14. The second kappa shape index (κ2) is 8.71. The van der Waals surface area contributed by atoms with Gasteiger partial charge in [-0.15, -0.1) is 0 Å². The van der Waals surface area contributed by atoms with E-state index in [4.69, 9.17) is 9.47 Å². The van der Waals surface area contributed by atoms with Crippen molar-refractivity contribution < 1.29 is 14.3 Å². The predicted molar refractivity (Wildman–Crippen MR) is 99.3 cm³/mol. The van der Waals surface area contributed by atoms with Gasteiger partial charge in [-0.1, -0.05) is 12.1 Å². The summed E-state index contributed by atoms with van der Waals surface area (Å²) in [6.07, 6.45) is 5.62. The number of benzene rings is 1. The summed E-state index contributed by atoms with van der Waals surface area (Å²) in [5.41, 5.74) is 1.74. The highest BCUT2D eigenvalue weighted by Crippen LogP contribution is 2.18. The molecule has 1 aromatic carbocycles. The minimum atomic E-state index is -0.146. The first-order valence-electron chi connectivity index (χ1n) is 9.01. The van der Waals surface area contributed by atoms with Crippen molar-refractivity contribution in [3.05, 3.63) is 42.2 Å². The van der Waals surface area contributed by atoms with Crippen LogP contribution in [0, 0.1) is 0 Å². The molecule has 0 spiro atoms. The van der Waals surface area contributed by atoms with Gasteiger partial charge in [0.05, 0.1) is 25.1 Å². The monoisotopic (exact) mass is 358 g/mol. The molecule has 0 saturated carbocycles. The van der Waals surface area contributed by atoms with E-state index >= 15 is 0 Å². The molecule has 0 bridgehead atoms. The number of hydrogen-bond donors (Lipinski definition) is 1. The fourth-order valence-corrected chi connectivity index (χ4v) is 3.01. The Morgan fingerprint density at radius 3 is 2.85 bits per heavy atom. The van der Waals surface area contributed by atoms with Gasteiger partial charge in [0.2, 0.25) is 0 Å². The Morgan fingerprint density at radius 1 is 1.42 bits per heavy atom. The number of carbonyl (C=O) groups is 1. The lowest BCUT2D eigenvalue weighted by molar-refractivity contribution is 0.0819. The van der Waals surface area contributed by atoms with Crippen LogP contribution in [0.4, 0.5) is 10.5 Å². The average molecular weight is 358 g/mol. The molecule has 7 nitrogen and oxygen atoms in total. The van der Waals surface area contributed by atoms with E-state index in [1.54, 1.807) is 22.9 Å². The molecule has 1 N–H and O–H groups in total. The highest BCUT2D eigenvalue weighted by atomic mass is 16.5. The summed E-state index contributed by atoms with van der Waals surface area (Å²) in [6.45, 7) is 4.62. The SMILES string of the molecule is CCn1cc(NC(=O)N(Cc2ccc(OC)cc2)C[C@@H]2CCCO2)cn1. The number of carbonyl (C=O) groups excluding carboxylic acids is 1. The molecule has 1 aliphatic heterocycles. The zero-order valence-corrected chi connectivity index (χ0v) is 15.4. The van der Waals surface area contributed by atoms with Gasteiger partial charge in [0.15, 0.2) is 0 Å². The molecule has 2 aromatic rings. The summed E-state index contributed by atoms with van der Waals surface area (Å²) in [5.74, 6) is 0.802. The summed E-state index contributed by atoms with van der Waals surface area (Å²) >= 11 is 0. The molecular weight excluding hydrogens is 332 g/mol. The van der Waals surface area contributed by atoms with Gasteiger partial charge in [-0.2, -0.15) is 5.10 Å². The normalized spacial score (nSPS) is 16.5. The fourth-order valence-electron chi connectivity index (χ4n) is 3.01. The maximum atomic E-state index is 12.8. The van der Waals surface area contributed by atoms with Crippen LogP contribution in [0.1, 0.15) is 25.3 Å². The van der Waals surface area contributed by atoms with Crippen LogP contribution in [0.15, 0.2) is 36.7 Å². The Balaban J connectivity index is 1.69. The minimum absolute atomic E-state index is 0.0948. The second-order valence-electron chi connectivity index (χ2n) is 6.38. The Kier molecular flexibility index (Phi) is 6.12. The van der Waals surface area contributed by atoms with E-state index < -0.39 is 0 Å². The zero-order valence-electron chi connectivity index (χ0n) is 15.4. The van der Waals surface area contributed by atoms with Crippen LogP contribution in [-0.2, 0) is 17.8 Å². The van der Waals surface area contributed by atoms with Gasteiger partial charge in [-0.3, -0.25) is 4.68 Å². The topological polar surface area (TPSA) is 68.6 Å². The molecule has 1 saturated heterocycles. The van der Waals surface area contributed by atoms with E-state index in [9.17, 15) is 4.79 Å². The third-order valence-electron chi connectivity index (χ3n) is 4.48. The second-order valence-corrected chi connectivity index (χ2v) is 6.38. The van der Waals surface area contributed by atoms with Crippen LogP contribution in [0.3, 0.4) is 0 Å². The third-order valence-corrected chi connectivity index (χ3v) is 4.48. The molecule has 3 rings (SSSR count). The maximum Gasteiger partial charge on any atom is 0.322 e. The largest absolute Gasteiger partial charge is 0.497 e. The number of hydrogen-bond acceptors (Lipinski definition) is 4. The molecule has 26 heavy (non-hydrogen) atoms. The lowest BCUT2D eigenvalue weighted by Gasteiger charge is -2.25. The third kappa shape index (κ3) is 4.76. The molecule has 1 aliphatic rings. The first-order chi connectivity index (χ1) is 12.7. The lowest BCUT2D eigenvalue weighted by Crippen LogP contribution is -2.39. The molecule has 2 heterocycles. The maximum absolute atomic E-state index is 12.8. The van der Waals surface area contributed by atoms with Gasteiger partial charge in [0.1, 0.15) is 5.75 Å². The number of amides is 2. The van der Waals surface area contributed by atoms with Crippen LogP contribution < -0.4 is 10.1 Å². The molecule has 140 valence electrons. The van der Waals surface area contributed by atoms with Crippen molar-refractivity contribution in [3.8, 4) is 5.75 Å². The number of ether oxygens (including phenoxy) is 2. The number of anilines is 1. The quantitative estimate of drug-likeness (QED) is 0.826. The van der Waals surface area contributed by atoms with Crippen LogP contribution in [0.2, 0.25) is 0 Å². The molecule has 1 fully saturated rings. The standard InChI is InChI=1S/C19H26N4O3/c1-3-23-13-16(11-20-23)21-19(24)22(14-18-5-4-10-26-18)12-15-6-8-17(25-2)9-7-15/h6-9,11,13,18H,3-5,10,12,14H2,1-2H3,(H,21,24)/t18-/m0/s1. The van der Waals surface area contributed by atoms with Crippen molar-refractivity contribution >= 4 is 11.7 Å². The summed E-state index contributed by atoms with van der Waals surface area (Å²) in [4.78, 5) is 14.6. The van der Waals surface area contributed by atoms with Crippen molar-refractivity contribution in [1.82, 2.24) is 14.7 Å². The van der Waals surface area contributed by atoms with E-state index in [-0.39, 0.29) is 12.1 Å². The number of nitrogens with one attached hydrogen (secondary N) is 1. The Hall–Kier alpha value is -2.54. The van der Waals surface area contributed by atoms with Crippen LogP contribution >= 0.6 is 0 Å². The Morgan fingerprint density at radius 2 is 2.23 bits per heavy atom.